The molecule has 0 bridgehead atoms. The standard InChI is InChI=1S/C18H22N4O.CH4S/c1-14(16-4-3-15-5-12-23-17(15)13-16)21-8-10-22(11-9-21)18-19-6-2-7-20-18;1-2/h2-4,6-7,13-14H,5,8-12H2,1H3;2H,1H3. The Kier molecular flexibility index (Phi) is 6.15. The van der Waals surface area contributed by atoms with E-state index >= 15 is 0 Å². The Morgan fingerprint density at radius 1 is 1.08 bits per heavy atom. The molecule has 1 aromatic carbocycles. The minimum Gasteiger partial charge on any atom is -0.493 e. The Morgan fingerprint density at radius 3 is 2.52 bits per heavy atom. The van der Waals surface area contributed by atoms with Gasteiger partial charge in [-0.05, 0) is 36.4 Å². The number of benzene rings is 1. The number of thiol groups is 1. The van der Waals surface area contributed by atoms with E-state index in [9.17, 15) is 0 Å². The van der Waals surface area contributed by atoms with E-state index < -0.39 is 0 Å². The molecule has 1 unspecified atom stereocenters. The Morgan fingerprint density at radius 2 is 1.80 bits per heavy atom. The molecular formula is C19H26N4OS. The summed E-state index contributed by atoms with van der Waals surface area (Å²) in [7, 11) is 0. The topological polar surface area (TPSA) is 41.5 Å². The zero-order chi connectivity index (χ0) is 17.6. The summed E-state index contributed by atoms with van der Waals surface area (Å²) in [6, 6.07) is 8.97. The van der Waals surface area contributed by atoms with Crippen LogP contribution in [0.4, 0.5) is 5.95 Å². The zero-order valence-corrected chi connectivity index (χ0v) is 15.8. The van der Waals surface area contributed by atoms with Crippen molar-refractivity contribution in [3.63, 3.8) is 0 Å². The summed E-state index contributed by atoms with van der Waals surface area (Å²) in [4.78, 5) is 13.5. The fourth-order valence-electron chi connectivity index (χ4n) is 3.42. The van der Waals surface area contributed by atoms with Gasteiger partial charge in [0.15, 0.2) is 0 Å². The van der Waals surface area contributed by atoms with Gasteiger partial charge in [0.1, 0.15) is 5.75 Å². The number of ether oxygens (including phenoxy) is 1. The van der Waals surface area contributed by atoms with Crippen LogP contribution in [0.2, 0.25) is 0 Å². The largest absolute Gasteiger partial charge is 0.493 e. The second kappa shape index (κ2) is 8.54. The molecule has 1 aromatic heterocycles. The molecule has 0 saturated carbocycles. The fraction of sp³-hybridized carbons (Fsp3) is 0.474. The average molecular weight is 359 g/mol. The van der Waals surface area contributed by atoms with Crippen LogP contribution in [0.5, 0.6) is 5.75 Å². The van der Waals surface area contributed by atoms with Gasteiger partial charge in [0, 0.05) is 51.0 Å². The van der Waals surface area contributed by atoms with Gasteiger partial charge < -0.3 is 9.64 Å². The van der Waals surface area contributed by atoms with Gasteiger partial charge >= 0.3 is 0 Å². The van der Waals surface area contributed by atoms with Crippen molar-refractivity contribution < 1.29 is 4.74 Å². The van der Waals surface area contributed by atoms with Gasteiger partial charge in [-0.15, -0.1) is 0 Å². The van der Waals surface area contributed by atoms with E-state index in [0.29, 0.717) is 6.04 Å². The van der Waals surface area contributed by atoms with Gasteiger partial charge in [-0.2, -0.15) is 12.6 Å². The normalized spacial score (nSPS) is 18.0. The van der Waals surface area contributed by atoms with Crippen LogP contribution >= 0.6 is 12.6 Å². The first-order valence-corrected chi connectivity index (χ1v) is 9.67. The number of hydrogen-bond donors (Lipinski definition) is 1. The monoisotopic (exact) mass is 358 g/mol. The summed E-state index contributed by atoms with van der Waals surface area (Å²) in [6.45, 7) is 7.09. The van der Waals surface area contributed by atoms with E-state index in [0.717, 1.165) is 50.9 Å². The highest BCUT2D eigenvalue weighted by Gasteiger charge is 2.24. The molecule has 2 aliphatic rings. The maximum atomic E-state index is 5.71. The van der Waals surface area contributed by atoms with Crippen LogP contribution in [0.15, 0.2) is 36.7 Å². The maximum absolute atomic E-state index is 5.71. The van der Waals surface area contributed by atoms with Crippen molar-refractivity contribution in [1.82, 2.24) is 14.9 Å². The molecule has 5 nitrogen and oxygen atoms in total. The minimum atomic E-state index is 0.406. The number of nitrogens with zero attached hydrogens (tertiary/aromatic N) is 4. The SMILES string of the molecule is CC(c1ccc2c(c1)OCC2)N1CCN(c2ncccn2)CC1.CS. The Bertz CT molecular complexity index is 674. The van der Waals surface area contributed by atoms with Crippen molar-refractivity contribution in [2.24, 2.45) is 0 Å². The van der Waals surface area contributed by atoms with Crippen LogP contribution in [-0.2, 0) is 6.42 Å². The first-order valence-electron chi connectivity index (χ1n) is 8.77. The number of anilines is 1. The van der Waals surface area contributed by atoms with Crippen LogP contribution in [0.3, 0.4) is 0 Å². The molecule has 134 valence electrons. The van der Waals surface area contributed by atoms with E-state index in [1.54, 1.807) is 6.26 Å². The average Bonchev–Trinajstić information content (AvgIpc) is 3.17. The van der Waals surface area contributed by atoms with Gasteiger partial charge in [-0.1, -0.05) is 12.1 Å². The van der Waals surface area contributed by atoms with E-state index in [4.69, 9.17) is 4.74 Å². The molecule has 6 heteroatoms. The Balaban J connectivity index is 0.000000880. The predicted octanol–water partition coefficient (Wildman–Crippen LogP) is 2.84. The smallest absolute Gasteiger partial charge is 0.225 e. The second-order valence-corrected chi connectivity index (χ2v) is 6.21. The first kappa shape index (κ1) is 18.0. The van der Waals surface area contributed by atoms with Gasteiger partial charge in [0.05, 0.1) is 6.61 Å². The highest BCUT2D eigenvalue weighted by molar-refractivity contribution is 7.79. The van der Waals surface area contributed by atoms with Crippen molar-refractivity contribution >= 4 is 18.6 Å². The molecular weight excluding hydrogens is 332 g/mol. The van der Waals surface area contributed by atoms with Crippen LogP contribution in [0, 0.1) is 0 Å². The Hall–Kier alpha value is -1.79. The van der Waals surface area contributed by atoms with Crippen molar-refractivity contribution in [2.45, 2.75) is 19.4 Å². The van der Waals surface area contributed by atoms with Gasteiger partial charge in [0.2, 0.25) is 5.95 Å². The summed E-state index contributed by atoms with van der Waals surface area (Å²) in [5.74, 6) is 1.91. The zero-order valence-electron chi connectivity index (χ0n) is 14.9. The van der Waals surface area contributed by atoms with Crippen molar-refractivity contribution in [3.8, 4) is 5.75 Å². The third-order valence-electron chi connectivity index (χ3n) is 4.90. The quantitative estimate of drug-likeness (QED) is 0.855. The molecule has 0 radical (unpaired) electrons. The lowest BCUT2D eigenvalue weighted by molar-refractivity contribution is 0.197. The molecule has 2 aromatic rings. The van der Waals surface area contributed by atoms with Gasteiger partial charge in [-0.25, -0.2) is 9.97 Å². The highest BCUT2D eigenvalue weighted by Crippen LogP contribution is 2.31. The summed E-state index contributed by atoms with van der Waals surface area (Å²) in [5.41, 5.74) is 2.68. The third-order valence-corrected chi connectivity index (χ3v) is 4.90. The fourth-order valence-corrected chi connectivity index (χ4v) is 3.42. The molecule has 0 aliphatic carbocycles. The summed E-state index contributed by atoms with van der Waals surface area (Å²) in [6.07, 6.45) is 6.35. The second-order valence-electron chi connectivity index (χ2n) is 6.21. The molecule has 0 N–H and O–H groups in total. The van der Waals surface area contributed by atoms with Crippen molar-refractivity contribution in [3.05, 3.63) is 47.8 Å². The minimum absolute atomic E-state index is 0.406. The van der Waals surface area contributed by atoms with E-state index in [1.165, 1.54) is 11.1 Å². The molecule has 0 spiro atoms. The molecule has 0 amide bonds. The number of hydrogen-bond acceptors (Lipinski definition) is 6. The van der Waals surface area contributed by atoms with Crippen LogP contribution in [0.1, 0.15) is 24.1 Å². The number of rotatable bonds is 3. The molecule has 1 saturated heterocycles. The highest BCUT2D eigenvalue weighted by atomic mass is 32.1. The number of piperazine rings is 1. The lowest BCUT2D eigenvalue weighted by atomic mass is 10.0. The molecule has 1 atom stereocenters. The molecule has 1 fully saturated rings. The van der Waals surface area contributed by atoms with E-state index in [1.807, 2.05) is 18.5 Å². The van der Waals surface area contributed by atoms with Crippen LogP contribution in [0.25, 0.3) is 0 Å². The van der Waals surface area contributed by atoms with Crippen molar-refractivity contribution in [2.75, 3.05) is 43.9 Å². The number of fused-ring (bicyclic) bond motifs is 1. The summed E-state index contributed by atoms with van der Waals surface area (Å²) in [5, 5.41) is 0. The van der Waals surface area contributed by atoms with Crippen LogP contribution in [-0.4, -0.2) is 53.9 Å². The van der Waals surface area contributed by atoms with E-state index in [-0.39, 0.29) is 0 Å². The first-order chi connectivity index (χ1) is 12.3. The van der Waals surface area contributed by atoms with Crippen LogP contribution < -0.4 is 9.64 Å². The molecule has 3 heterocycles. The Labute approximate surface area is 155 Å². The maximum Gasteiger partial charge on any atom is 0.225 e. The number of aromatic nitrogens is 2. The molecule has 4 rings (SSSR count). The lowest BCUT2D eigenvalue weighted by Crippen LogP contribution is -2.47. The van der Waals surface area contributed by atoms with Crippen molar-refractivity contribution in [1.29, 1.82) is 0 Å². The molecule has 2 aliphatic heterocycles. The van der Waals surface area contributed by atoms with Gasteiger partial charge in [0.25, 0.3) is 0 Å². The third kappa shape index (κ3) is 4.07. The van der Waals surface area contributed by atoms with E-state index in [2.05, 4.69) is 57.5 Å². The molecule has 25 heavy (non-hydrogen) atoms. The lowest BCUT2D eigenvalue weighted by Gasteiger charge is -2.38. The summed E-state index contributed by atoms with van der Waals surface area (Å²) >= 11 is 3.53. The predicted molar refractivity (Wildman–Crippen MR) is 105 cm³/mol. The van der Waals surface area contributed by atoms with Gasteiger partial charge in [-0.3, -0.25) is 4.90 Å². The summed E-state index contributed by atoms with van der Waals surface area (Å²) < 4.78 is 5.71.